The summed E-state index contributed by atoms with van der Waals surface area (Å²) < 4.78 is 11.4. The molecular weight excluding hydrogens is 260 g/mol. The van der Waals surface area contributed by atoms with Gasteiger partial charge in [0.05, 0.1) is 15.9 Å². The molecule has 0 radical (unpaired) electrons. The predicted octanol–water partition coefficient (Wildman–Crippen LogP) is 2.68. The topological polar surface area (TPSA) is 43.4 Å². The third-order valence-corrected chi connectivity index (χ3v) is 4.05. The lowest BCUT2D eigenvalue weighted by Gasteiger charge is -2.08. The van der Waals surface area contributed by atoms with Crippen molar-refractivity contribution in [2.75, 3.05) is 13.7 Å². The van der Waals surface area contributed by atoms with E-state index in [1.807, 2.05) is 32.3 Å². The summed E-state index contributed by atoms with van der Waals surface area (Å²) in [5, 5.41) is 4.29. The lowest BCUT2D eigenvalue weighted by molar-refractivity contribution is 0.301. The molecule has 100 valence electrons. The van der Waals surface area contributed by atoms with Gasteiger partial charge in [-0.3, -0.25) is 0 Å². The molecule has 0 amide bonds. The van der Waals surface area contributed by atoms with Gasteiger partial charge in [0.1, 0.15) is 24.7 Å². The van der Waals surface area contributed by atoms with Crippen molar-refractivity contribution >= 4 is 11.3 Å². The van der Waals surface area contributed by atoms with Crippen LogP contribution in [-0.4, -0.2) is 18.6 Å². The van der Waals surface area contributed by atoms with Crippen LogP contribution in [0.3, 0.4) is 0 Å². The molecule has 0 spiro atoms. The van der Waals surface area contributed by atoms with E-state index in [2.05, 4.69) is 16.4 Å². The largest absolute Gasteiger partial charge is 0.491 e. The zero-order valence-electron chi connectivity index (χ0n) is 11.0. The Morgan fingerprint density at radius 2 is 2.42 bits per heavy atom. The number of rotatable bonds is 4. The highest BCUT2D eigenvalue weighted by Gasteiger charge is 2.22. The molecule has 3 rings (SSSR count). The molecule has 5 heteroatoms. The van der Waals surface area contributed by atoms with Gasteiger partial charge in [-0.05, 0) is 26.1 Å². The standard InChI is InChI=1S/C14H16N2O2S/c1-9-16-6-11(19-9)7-17-10-3-4-12-13(15-2)8-18-14(12)5-10/h3-6,13,15H,7-8H2,1-2H3. The molecule has 1 unspecified atom stereocenters. The number of hydrogen-bond acceptors (Lipinski definition) is 5. The Morgan fingerprint density at radius 3 is 3.16 bits per heavy atom. The molecule has 1 aliphatic rings. The summed E-state index contributed by atoms with van der Waals surface area (Å²) in [5.74, 6) is 1.75. The van der Waals surface area contributed by atoms with Crippen LogP contribution < -0.4 is 14.8 Å². The molecule has 0 fully saturated rings. The van der Waals surface area contributed by atoms with Crippen LogP contribution >= 0.6 is 11.3 Å². The van der Waals surface area contributed by atoms with Crippen LogP contribution in [0.15, 0.2) is 24.4 Å². The molecule has 1 aromatic carbocycles. The fourth-order valence-corrected chi connectivity index (χ4v) is 2.85. The fourth-order valence-electron chi connectivity index (χ4n) is 2.15. The van der Waals surface area contributed by atoms with Gasteiger partial charge in [0.2, 0.25) is 0 Å². The molecule has 0 saturated heterocycles. The molecule has 0 saturated carbocycles. The molecule has 1 atom stereocenters. The van der Waals surface area contributed by atoms with Crippen molar-refractivity contribution < 1.29 is 9.47 Å². The number of benzene rings is 1. The van der Waals surface area contributed by atoms with Crippen molar-refractivity contribution in [1.29, 1.82) is 0 Å². The summed E-state index contributed by atoms with van der Waals surface area (Å²) in [4.78, 5) is 5.34. The summed E-state index contributed by atoms with van der Waals surface area (Å²) >= 11 is 1.66. The highest BCUT2D eigenvalue weighted by Crippen LogP contribution is 2.35. The number of nitrogens with zero attached hydrogens (tertiary/aromatic N) is 1. The van der Waals surface area contributed by atoms with Gasteiger partial charge in [0.15, 0.2) is 0 Å². The minimum absolute atomic E-state index is 0.285. The van der Waals surface area contributed by atoms with E-state index in [0.29, 0.717) is 13.2 Å². The number of fused-ring (bicyclic) bond motifs is 1. The molecule has 2 heterocycles. The van der Waals surface area contributed by atoms with Crippen LogP contribution in [0.2, 0.25) is 0 Å². The molecular formula is C14H16N2O2S. The second-order valence-electron chi connectivity index (χ2n) is 4.49. The minimum atomic E-state index is 0.285. The SMILES string of the molecule is CNC1COc2cc(OCc3cnc(C)s3)ccc21. The number of hydrogen-bond donors (Lipinski definition) is 1. The zero-order chi connectivity index (χ0) is 13.2. The average Bonchev–Trinajstić information content (AvgIpc) is 3.01. The van der Waals surface area contributed by atoms with E-state index in [1.165, 1.54) is 5.56 Å². The third-order valence-electron chi connectivity index (χ3n) is 3.16. The smallest absolute Gasteiger partial charge is 0.127 e. The molecule has 2 aromatic rings. The van der Waals surface area contributed by atoms with Gasteiger partial charge in [-0.2, -0.15) is 0 Å². The van der Waals surface area contributed by atoms with Crippen molar-refractivity contribution in [3.05, 3.63) is 39.8 Å². The quantitative estimate of drug-likeness (QED) is 0.932. The fraction of sp³-hybridized carbons (Fsp3) is 0.357. The Balaban J connectivity index is 1.69. The lowest BCUT2D eigenvalue weighted by Crippen LogP contribution is -2.17. The number of ether oxygens (including phenoxy) is 2. The molecule has 1 aliphatic heterocycles. The van der Waals surface area contributed by atoms with Crippen molar-refractivity contribution in [3.63, 3.8) is 0 Å². The Hall–Kier alpha value is -1.59. The van der Waals surface area contributed by atoms with Gasteiger partial charge in [-0.25, -0.2) is 4.98 Å². The van der Waals surface area contributed by atoms with E-state index < -0.39 is 0 Å². The molecule has 1 aromatic heterocycles. The van der Waals surface area contributed by atoms with Gasteiger partial charge < -0.3 is 14.8 Å². The number of thiazole rings is 1. The van der Waals surface area contributed by atoms with Gasteiger partial charge in [-0.1, -0.05) is 0 Å². The van der Waals surface area contributed by atoms with E-state index >= 15 is 0 Å². The second-order valence-corrected chi connectivity index (χ2v) is 5.81. The molecule has 0 aliphatic carbocycles. The third kappa shape index (κ3) is 2.57. The van der Waals surface area contributed by atoms with Crippen molar-refractivity contribution in [3.8, 4) is 11.5 Å². The first-order valence-corrected chi connectivity index (χ1v) is 7.06. The number of nitrogens with one attached hydrogen (secondary N) is 1. The Kier molecular flexibility index (Phi) is 3.40. The van der Waals surface area contributed by atoms with E-state index in [1.54, 1.807) is 11.3 Å². The molecule has 1 N–H and O–H groups in total. The number of aromatic nitrogens is 1. The van der Waals surface area contributed by atoms with Gasteiger partial charge in [0, 0.05) is 17.8 Å². The van der Waals surface area contributed by atoms with Gasteiger partial charge in [-0.15, -0.1) is 11.3 Å². The zero-order valence-corrected chi connectivity index (χ0v) is 11.8. The summed E-state index contributed by atoms with van der Waals surface area (Å²) in [6, 6.07) is 6.30. The van der Waals surface area contributed by atoms with Crippen LogP contribution in [0.25, 0.3) is 0 Å². The molecule has 19 heavy (non-hydrogen) atoms. The highest BCUT2D eigenvalue weighted by atomic mass is 32.1. The predicted molar refractivity (Wildman–Crippen MR) is 74.9 cm³/mol. The Morgan fingerprint density at radius 1 is 1.53 bits per heavy atom. The average molecular weight is 276 g/mol. The summed E-state index contributed by atoms with van der Waals surface area (Å²) in [6.07, 6.45) is 1.86. The number of aryl methyl sites for hydroxylation is 1. The van der Waals surface area contributed by atoms with Crippen LogP contribution in [-0.2, 0) is 6.61 Å². The lowest BCUT2D eigenvalue weighted by atomic mass is 10.1. The van der Waals surface area contributed by atoms with Crippen LogP contribution in [0, 0.1) is 6.92 Å². The monoisotopic (exact) mass is 276 g/mol. The van der Waals surface area contributed by atoms with E-state index in [0.717, 1.165) is 21.4 Å². The first-order valence-electron chi connectivity index (χ1n) is 6.24. The first kappa shape index (κ1) is 12.4. The van der Waals surface area contributed by atoms with Gasteiger partial charge >= 0.3 is 0 Å². The van der Waals surface area contributed by atoms with Crippen LogP contribution in [0.1, 0.15) is 21.5 Å². The van der Waals surface area contributed by atoms with Crippen molar-refractivity contribution in [1.82, 2.24) is 10.3 Å². The molecule has 4 nitrogen and oxygen atoms in total. The summed E-state index contributed by atoms with van der Waals surface area (Å²) in [6.45, 7) is 3.23. The van der Waals surface area contributed by atoms with Crippen molar-refractivity contribution in [2.24, 2.45) is 0 Å². The summed E-state index contributed by atoms with van der Waals surface area (Å²) in [7, 11) is 1.94. The minimum Gasteiger partial charge on any atom is -0.491 e. The maximum Gasteiger partial charge on any atom is 0.127 e. The van der Waals surface area contributed by atoms with Crippen molar-refractivity contribution in [2.45, 2.75) is 19.6 Å². The van der Waals surface area contributed by atoms with Crippen LogP contribution in [0.4, 0.5) is 0 Å². The summed E-state index contributed by atoms with van der Waals surface area (Å²) in [5.41, 5.74) is 1.20. The maximum absolute atomic E-state index is 5.77. The second kappa shape index (κ2) is 5.19. The van der Waals surface area contributed by atoms with E-state index in [-0.39, 0.29) is 6.04 Å². The van der Waals surface area contributed by atoms with E-state index in [4.69, 9.17) is 9.47 Å². The number of likely N-dealkylation sites (N-methyl/N-ethyl adjacent to an activating group) is 1. The van der Waals surface area contributed by atoms with Gasteiger partial charge in [0.25, 0.3) is 0 Å². The maximum atomic E-state index is 5.77. The highest BCUT2D eigenvalue weighted by molar-refractivity contribution is 7.11. The van der Waals surface area contributed by atoms with E-state index in [9.17, 15) is 0 Å². The normalized spacial score (nSPS) is 17.1. The first-order chi connectivity index (χ1) is 9.26. The Bertz CT molecular complexity index is 583. The molecule has 0 bridgehead atoms. The van der Waals surface area contributed by atoms with Crippen LogP contribution in [0.5, 0.6) is 11.5 Å². The Labute approximate surface area is 116 Å².